The van der Waals surface area contributed by atoms with Gasteiger partial charge in [0.1, 0.15) is 0 Å². The Morgan fingerprint density at radius 3 is 2.86 bits per heavy atom. The third-order valence-corrected chi connectivity index (χ3v) is 3.19. The number of imidazole rings is 1. The number of aromatic nitrogens is 4. The summed E-state index contributed by atoms with van der Waals surface area (Å²) in [5.41, 5.74) is 4.19. The van der Waals surface area contributed by atoms with E-state index >= 15 is 0 Å². The van der Waals surface area contributed by atoms with Gasteiger partial charge in [0.25, 0.3) is 11.5 Å². The van der Waals surface area contributed by atoms with Crippen molar-refractivity contribution in [2.24, 2.45) is 5.92 Å². The van der Waals surface area contributed by atoms with Crippen molar-refractivity contribution in [2.45, 2.75) is 18.6 Å². The van der Waals surface area contributed by atoms with Crippen LogP contribution in [0.15, 0.2) is 23.8 Å². The lowest BCUT2D eigenvalue weighted by molar-refractivity contribution is -0.154. The van der Waals surface area contributed by atoms with Crippen LogP contribution in [0.5, 0.6) is 0 Å². The first-order valence-corrected chi connectivity index (χ1v) is 6.31. The van der Waals surface area contributed by atoms with E-state index in [9.17, 15) is 18.7 Å². The minimum atomic E-state index is -3.60. The Bertz CT molecular complexity index is 742. The lowest BCUT2D eigenvalue weighted by Crippen LogP contribution is -2.33. The Morgan fingerprint density at radius 1 is 1.59 bits per heavy atom. The Kier molecular flexibility index (Phi) is 4.24. The van der Waals surface area contributed by atoms with E-state index in [1.165, 1.54) is 6.08 Å². The molecule has 0 saturated carbocycles. The molecule has 0 saturated heterocycles. The van der Waals surface area contributed by atoms with Crippen molar-refractivity contribution in [3.8, 4) is 0 Å². The van der Waals surface area contributed by atoms with Gasteiger partial charge in [0.05, 0.1) is 6.33 Å². The second-order valence-electron chi connectivity index (χ2n) is 4.79. The predicted octanol–water partition coefficient (Wildman–Crippen LogP) is 0.0126. The van der Waals surface area contributed by atoms with Gasteiger partial charge in [-0.1, -0.05) is 6.08 Å². The number of hydrogen-bond donors (Lipinski definition) is 4. The standard InChI is InChI=1S/C12H15F2N5O3/c1-2-6(4-20)3-12(13,14)10(22)19-5-16-7-8(19)17-11(15)18-9(7)21/h2,5-6,10,20,22H,1,3-4H2,(H3,15,17,18,21). The average molecular weight is 315 g/mol. The minimum absolute atomic E-state index is 0.216. The Labute approximate surface area is 122 Å². The van der Waals surface area contributed by atoms with E-state index in [1.54, 1.807) is 0 Å². The van der Waals surface area contributed by atoms with E-state index in [4.69, 9.17) is 10.8 Å². The summed E-state index contributed by atoms with van der Waals surface area (Å²) in [5.74, 6) is -4.77. The highest BCUT2D eigenvalue weighted by atomic mass is 19.3. The molecule has 0 bridgehead atoms. The van der Waals surface area contributed by atoms with Gasteiger partial charge in [-0.15, -0.1) is 6.58 Å². The second-order valence-corrected chi connectivity index (χ2v) is 4.79. The number of nitrogens with zero attached hydrogens (tertiary/aromatic N) is 3. The van der Waals surface area contributed by atoms with Crippen molar-refractivity contribution in [1.82, 2.24) is 19.5 Å². The van der Waals surface area contributed by atoms with Crippen LogP contribution in [0, 0.1) is 5.92 Å². The van der Waals surface area contributed by atoms with Crippen molar-refractivity contribution in [3.05, 3.63) is 29.3 Å². The summed E-state index contributed by atoms with van der Waals surface area (Å²) in [5, 5.41) is 18.9. The van der Waals surface area contributed by atoms with Crippen LogP contribution in [0.4, 0.5) is 14.7 Å². The molecule has 8 nitrogen and oxygen atoms in total. The third kappa shape index (κ3) is 2.83. The van der Waals surface area contributed by atoms with E-state index in [0.29, 0.717) is 4.57 Å². The summed E-state index contributed by atoms with van der Waals surface area (Å²) in [4.78, 5) is 21.1. The van der Waals surface area contributed by atoms with Crippen LogP contribution in [0.25, 0.3) is 11.2 Å². The molecule has 0 spiro atoms. The molecule has 0 radical (unpaired) electrons. The Balaban J connectivity index is 2.42. The smallest absolute Gasteiger partial charge is 0.292 e. The number of fused-ring (bicyclic) bond motifs is 1. The Hall–Kier alpha value is -2.33. The quantitative estimate of drug-likeness (QED) is 0.556. The number of halogens is 2. The molecule has 2 heterocycles. The van der Waals surface area contributed by atoms with Crippen LogP contribution < -0.4 is 11.3 Å². The number of nitrogens with one attached hydrogen (secondary N) is 1. The maximum absolute atomic E-state index is 14.1. The highest BCUT2D eigenvalue weighted by Crippen LogP contribution is 2.34. The van der Waals surface area contributed by atoms with Gasteiger partial charge < -0.3 is 15.9 Å². The SMILES string of the molecule is C=CC(CO)CC(F)(F)C(O)n1cnc2c(=O)[nH]c(N)nc21. The van der Waals surface area contributed by atoms with Gasteiger partial charge in [0, 0.05) is 18.9 Å². The summed E-state index contributed by atoms with van der Waals surface area (Å²) < 4.78 is 28.9. The summed E-state index contributed by atoms with van der Waals surface area (Å²) in [6.45, 7) is 2.82. The molecule has 2 rings (SSSR count). The predicted molar refractivity (Wildman–Crippen MR) is 74.2 cm³/mol. The molecule has 5 N–H and O–H groups in total. The molecule has 2 aromatic heterocycles. The molecule has 0 aliphatic carbocycles. The molecule has 10 heteroatoms. The second kappa shape index (κ2) is 5.81. The summed E-state index contributed by atoms with van der Waals surface area (Å²) in [6, 6.07) is 0. The van der Waals surface area contributed by atoms with Crippen molar-refractivity contribution >= 4 is 17.1 Å². The van der Waals surface area contributed by atoms with Crippen LogP contribution in [0.2, 0.25) is 0 Å². The van der Waals surface area contributed by atoms with Crippen molar-refractivity contribution in [1.29, 1.82) is 0 Å². The number of rotatable bonds is 6. The number of alkyl halides is 2. The van der Waals surface area contributed by atoms with Gasteiger partial charge in [-0.25, -0.2) is 13.8 Å². The molecule has 0 amide bonds. The van der Waals surface area contributed by atoms with Gasteiger partial charge in [0.15, 0.2) is 17.4 Å². The van der Waals surface area contributed by atoms with E-state index in [2.05, 4.69) is 21.5 Å². The number of H-pyrrole nitrogens is 1. The minimum Gasteiger partial charge on any atom is -0.396 e. The zero-order valence-corrected chi connectivity index (χ0v) is 11.4. The number of anilines is 1. The average Bonchev–Trinajstić information content (AvgIpc) is 2.87. The van der Waals surface area contributed by atoms with E-state index in [-0.39, 0.29) is 17.1 Å². The van der Waals surface area contributed by atoms with Gasteiger partial charge in [0.2, 0.25) is 5.95 Å². The normalized spacial score (nSPS) is 14.9. The fraction of sp³-hybridized carbons (Fsp3) is 0.417. The molecule has 0 aliphatic heterocycles. The monoisotopic (exact) mass is 315 g/mol. The summed E-state index contributed by atoms with van der Waals surface area (Å²) in [6.07, 6.45) is -1.09. The molecule has 2 unspecified atom stereocenters. The summed E-state index contributed by atoms with van der Waals surface area (Å²) >= 11 is 0. The molecule has 22 heavy (non-hydrogen) atoms. The maximum atomic E-state index is 14.1. The highest BCUT2D eigenvalue weighted by Gasteiger charge is 2.42. The molecule has 0 aliphatic rings. The van der Waals surface area contributed by atoms with E-state index in [1.807, 2.05) is 0 Å². The summed E-state index contributed by atoms with van der Waals surface area (Å²) in [7, 11) is 0. The molecule has 2 aromatic rings. The number of aliphatic hydroxyl groups excluding tert-OH is 2. The molecule has 0 fully saturated rings. The number of nitrogens with two attached hydrogens (primary N) is 1. The van der Waals surface area contributed by atoms with Crippen LogP contribution in [-0.4, -0.2) is 42.3 Å². The lowest BCUT2D eigenvalue weighted by atomic mass is 10.0. The van der Waals surface area contributed by atoms with Crippen molar-refractivity contribution in [2.75, 3.05) is 12.3 Å². The maximum Gasteiger partial charge on any atom is 0.292 e. The lowest BCUT2D eigenvalue weighted by Gasteiger charge is -2.25. The zero-order valence-electron chi connectivity index (χ0n) is 11.4. The van der Waals surface area contributed by atoms with Crippen LogP contribution in [0.3, 0.4) is 0 Å². The number of aromatic amines is 1. The van der Waals surface area contributed by atoms with Gasteiger partial charge in [-0.2, -0.15) is 4.98 Å². The number of nitrogen functional groups attached to an aromatic ring is 1. The van der Waals surface area contributed by atoms with Gasteiger partial charge >= 0.3 is 0 Å². The molecule has 120 valence electrons. The zero-order chi connectivity index (χ0) is 16.5. The van der Waals surface area contributed by atoms with Crippen LogP contribution in [0.1, 0.15) is 12.6 Å². The topological polar surface area (TPSA) is 130 Å². The van der Waals surface area contributed by atoms with E-state index < -0.39 is 36.7 Å². The van der Waals surface area contributed by atoms with Crippen molar-refractivity contribution < 1.29 is 19.0 Å². The highest BCUT2D eigenvalue weighted by molar-refractivity contribution is 5.70. The number of aliphatic hydroxyl groups is 2. The van der Waals surface area contributed by atoms with Gasteiger partial charge in [-0.3, -0.25) is 14.3 Å². The fourth-order valence-electron chi connectivity index (χ4n) is 2.00. The Morgan fingerprint density at radius 2 is 2.27 bits per heavy atom. The number of hydrogen-bond acceptors (Lipinski definition) is 6. The van der Waals surface area contributed by atoms with Crippen LogP contribution >= 0.6 is 0 Å². The molecular formula is C12H15F2N5O3. The first kappa shape index (κ1) is 16.0. The van der Waals surface area contributed by atoms with Crippen molar-refractivity contribution in [3.63, 3.8) is 0 Å². The van der Waals surface area contributed by atoms with E-state index in [0.717, 1.165) is 6.33 Å². The van der Waals surface area contributed by atoms with Gasteiger partial charge in [-0.05, 0) is 0 Å². The fourth-order valence-corrected chi connectivity index (χ4v) is 2.00. The molecule has 0 aromatic carbocycles. The first-order valence-electron chi connectivity index (χ1n) is 6.31. The molecule has 2 atom stereocenters. The van der Waals surface area contributed by atoms with Crippen LogP contribution in [-0.2, 0) is 0 Å². The first-order chi connectivity index (χ1) is 10.3. The largest absolute Gasteiger partial charge is 0.396 e. The third-order valence-electron chi connectivity index (χ3n) is 3.19. The molecular weight excluding hydrogens is 300 g/mol.